The molecule has 0 atom stereocenters. The minimum atomic E-state index is 0.723. The van der Waals surface area contributed by atoms with Crippen LogP contribution in [0.15, 0.2) is 30.3 Å². The molecular weight excluding hydrogens is 194 g/mol. The third-order valence-electron chi connectivity index (χ3n) is 3.28. The zero-order valence-corrected chi connectivity index (χ0v) is 9.52. The van der Waals surface area contributed by atoms with Crippen molar-refractivity contribution in [3.8, 4) is 6.07 Å². The normalized spacial score (nSPS) is 17.4. The fraction of sp³-hybridized carbons (Fsp3) is 0.400. The molecule has 0 saturated heterocycles. The van der Waals surface area contributed by atoms with Gasteiger partial charge in [0, 0.05) is 0 Å². The van der Waals surface area contributed by atoms with Crippen LogP contribution in [0.4, 0.5) is 0 Å². The maximum atomic E-state index is 8.97. The molecule has 1 saturated carbocycles. The van der Waals surface area contributed by atoms with Gasteiger partial charge in [-0.3, -0.25) is 0 Å². The van der Waals surface area contributed by atoms with Crippen LogP contribution < -0.4 is 0 Å². The van der Waals surface area contributed by atoms with Crippen molar-refractivity contribution >= 4 is 6.08 Å². The summed E-state index contributed by atoms with van der Waals surface area (Å²) in [6.07, 6.45) is 11.1. The minimum absolute atomic E-state index is 0.723. The van der Waals surface area contributed by atoms with Gasteiger partial charge in [-0.15, -0.1) is 0 Å². The van der Waals surface area contributed by atoms with Crippen LogP contribution in [0.5, 0.6) is 0 Å². The Balaban J connectivity index is 2.07. The summed E-state index contributed by atoms with van der Waals surface area (Å²) >= 11 is 0. The smallest absolute Gasteiger partial charge is 0.0997 e. The summed E-state index contributed by atoms with van der Waals surface area (Å²) in [5.41, 5.74) is 1.82. The van der Waals surface area contributed by atoms with E-state index in [1.165, 1.54) is 32.1 Å². The van der Waals surface area contributed by atoms with E-state index in [0.29, 0.717) is 0 Å². The molecule has 0 aromatic heterocycles. The van der Waals surface area contributed by atoms with Gasteiger partial charge < -0.3 is 0 Å². The molecule has 82 valence electrons. The quantitative estimate of drug-likeness (QED) is 0.720. The summed E-state index contributed by atoms with van der Waals surface area (Å²) in [5.74, 6) is 0.723. The van der Waals surface area contributed by atoms with E-state index in [0.717, 1.165) is 17.0 Å². The fourth-order valence-electron chi connectivity index (χ4n) is 2.31. The van der Waals surface area contributed by atoms with E-state index < -0.39 is 0 Å². The van der Waals surface area contributed by atoms with E-state index in [1.807, 2.05) is 24.3 Å². The van der Waals surface area contributed by atoms with Gasteiger partial charge in [-0.2, -0.15) is 5.26 Å². The van der Waals surface area contributed by atoms with Crippen molar-refractivity contribution in [2.45, 2.75) is 32.1 Å². The molecule has 1 aromatic rings. The van der Waals surface area contributed by atoms with E-state index >= 15 is 0 Å². The zero-order chi connectivity index (χ0) is 11.2. The third kappa shape index (κ3) is 2.73. The SMILES string of the molecule is N#Cc1ccccc1C=CC1CCCCC1. The highest BCUT2D eigenvalue weighted by atomic mass is 14.2. The molecule has 0 aliphatic heterocycles. The molecular formula is C15H17N. The van der Waals surface area contributed by atoms with E-state index in [9.17, 15) is 0 Å². The lowest BCUT2D eigenvalue weighted by molar-refractivity contribution is 0.420. The number of nitrogens with zero attached hydrogens (tertiary/aromatic N) is 1. The number of nitriles is 1. The van der Waals surface area contributed by atoms with E-state index in [2.05, 4.69) is 18.2 Å². The lowest BCUT2D eigenvalue weighted by Gasteiger charge is -2.17. The van der Waals surface area contributed by atoms with E-state index in [-0.39, 0.29) is 0 Å². The Kier molecular flexibility index (Phi) is 3.77. The summed E-state index contributed by atoms with van der Waals surface area (Å²) in [7, 11) is 0. The number of hydrogen-bond donors (Lipinski definition) is 0. The second-order valence-corrected chi connectivity index (χ2v) is 4.46. The first-order valence-corrected chi connectivity index (χ1v) is 6.07. The largest absolute Gasteiger partial charge is 0.192 e. The summed E-state index contributed by atoms with van der Waals surface area (Å²) < 4.78 is 0. The third-order valence-corrected chi connectivity index (χ3v) is 3.28. The van der Waals surface area contributed by atoms with Crippen molar-refractivity contribution in [1.82, 2.24) is 0 Å². The highest BCUT2D eigenvalue weighted by molar-refractivity contribution is 5.57. The zero-order valence-electron chi connectivity index (χ0n) is 9.52. The van der Waals surface area contributed by atoms with Crippen LogP contribution in [-0.2, 0) is 0 Å². The number of hydrogen-bond acceptors (Lipinski definition) is 1. The standard InChI is InChI=1S/C15H17N/c16-12-15-9-5-4-8-14(15)11-10-13-6-2-1-3-7-13/h4-5,8-11,13H,1-3,6-7H2. The molecule has 16 heavy (non-hydrogen) atoms. The first kappa shape index (κ1) is 11.0. The Labute approximate surface area is 97.4 Å². The van der Waals surface area contributed by atoms with Gasteiger partial charge in [-0.1, -0.05) is 49.6 Å². The van der Waals surface area contributed by atoms with Crippen molar-refractivity contribution in [1.29, 1.82) is 5.26 Å². The van der Waals surface area contributed by atoms with Gasteiger partial charge in [0.25, 0.3) is 0 Å². The van der Waals surface area contributed by atoms with Crippen LogP contribution >= 0.6 is 0 Å². The highest BCUT2D eigenvalue weighted by Gasteiger charge is 2.09. The molecule has 1 aliphatic carbocycles. The summed E-state index contributed by atoms with van der Waals surface area (Å²) in [6.45, 7) is 0. The number of rotatable bonds is 2. The number of benzene rings is 1. The van der Waals surface area contributed by atoms with Crippen molar-refractivity contribution in [3.05, 3.63) is 41.5 Å². The molecule has 0 radical (unpaired) electrons. The molecule has 0 N–H and O–H groups in total. The maximum Gasteiger partial charge on any atom is 0.0997 e. The second kappa shape index (κ2) is 5.51. The Bertz CT molecular complexity index is 406. The molecule has 1 aromatic carbocycles. The molecule has 1 aliphatic rings. The average molecular weight is 211 g/mol. The van der Waals surface area contributed by atoms with Crippen molar-refractivity contribution in [2.24, 2.45) is 5.92 Å². The molecule has 0 amide bonds. The second-order valence-electron chi connectivity index (χ2n) is 4.46. The molecule has 2 rings (SSSR count). The first-order valence-electron chi connectivity index (χ1n) is 6.07. The summed E-state index contributed by atoms with van der Waals surface area (Å²) in [4.78, 5) is 0. The van der Waals surface area contributed by atoms with Gasteiger partial charge in [0.05, 0.1) is 11.6 Å². The van der Waals surface area contributed by atoms with Crippen LogP contribution in [-0.4, -0.2) is 0 Å². The first-order chi connectivity index (χ1) is 7.90. The van der Waals surface area contributed by atoms with E-state index in [4.69, 9.17) is 5.26 Å². The van der Waals surface area contributed by atoms with Gasteiger partial charge in [0.1, 0.15) is 0 Å². The average Bonchev–Trinajstić information content (AvgIpc) is 2.38. The van der Waals surface area contributed by atoms with E-state index in [1.54, 1.807) is 0 Å². The predicted octanol–water partition coefficient (Wildman–Crippen LogP) is 4.15. The molecule has 0 spiro atoms. The van der Waals surface area contributed by atoms with Crippen LogP contribution in [0, 0.1) is 17.2 Å². The van der Waals surface area contributed by atoms with Gasteiger partial charge in [0.2, 0.25) is 0 Å². The lowest BCUT2D eigenvalue weighted by Crippen LogP contribution is -2.02. The lowest BCUT2D eigenvalue weighted by atomic mass is 9.88. The summed E-state index contributed by atoms with van der Waals surface area (Å²) in [6, 6.07) is 10.0. The van der Waals surface area contributed by atoms with Gasteiger partial charge in [-0.05, 0) is 30.4 Å². The molecule has 1 nitrogen and oxygen atoms in total. The maximum absolute atomic E-state index is 8.97. The molecule has 1 heteroatoms. The van der Waals surface area contributed by atoms with Crippen LogP contribution in [0.25, 0.3) is 6.08 Å². The molecule has 0 heterocycles. The monoisotopic (exact) mass is 211 g/mol. The van der Waals surface area contributed by atoms with Gasteiger partial charge in [-0.25, -0.2) is 0 Å². The topological polar surface area (TPSA) is 23.8 Å². The predicted molar refractivity (Wildman–Crippen MR) is 66.8 cm³/mol. The van der Waals surface area contributed by atoms with Crippen LogP contribution in [0.3, 0.4) is 0 Å². The summed E-state index contributed by atoms with van der Waals surface area (Å²) in [5, 5.41) is 8.97. The van der Waals surface area contributed by atoms with Gasteiger partial charge >= 0.3 is 0 Å². The van der Waals surface area contributed by atoms with Crippen molar-refractivity contribution < 1.29 is 0 Å². The Hall–Kier alpha value is -1.55. The number of allylic oxidation sites excluding steroid dienone is 1. The fourth-order valence-corrected chi connectivity index (χ4v) is 2.31. The minimum Gasteiger partial charge on any atom is -0.192 e. The Morgan fingerprint density at radius 3 is 2.62 bits per heavy atom. The van der Waals surface area contributed by atoms with Crippen LogP contribution in [0.1, 0.15) is 43.2 Å². The molecule has 0 unspecified atom stereocenters. The Morgan fingerprint density at radius 1 is 1.12 bits per heavy atom. The highest BCUT2D eigenvalue weighted by Crippen LogP contribution is 2.25. The molecule has 0 bridgehead atoms. The molecule has 1 fully saturated rings. The van der Waals surface area contributed by atoms with Gasteiger partial charge in [0.15, 0.2) is 0 Å². The van der Waals surface area contributed by atoms with Crippen molar-refractivity contribution in [2.75, 3.05) is 0 Å². The van der Waals surface area contributed by atoms with Crippen molar-refractivity contribution in [3.63, 3.8) is 0 Å². The Morgan fingerprint density at radius 2 is 1.88 bits per heavy atom. The van der Waals surface area contributed by atoms with Crippen LogP contribution in [0.2, 0.25) is 0 Å².